The minimum Gasteiger partial charge on any atom is -0.503 e. The Balaban J connectivity index is 0.000000179. The van der Waals surface area contributed by atoms with E-state index in [9.17, 15) is 51.3 Å². The number of imide groups is 1. The number of aromatic nitrogens is 2. The van der Waals surface area contributed by atoms with E-state index >= 15 is 0 Å². The van der Waals surface area contributed by atoms with Gasteiger partial charge < -0.3 is 45.0 Å². The number of nitrogen functional groups attached to an aromatic ring is 1. The van der Waals surface area contributed by atoms with Gasteiger partial charge in [-0.3, -0.25) is 14.4 Å². The Morgan fingerprint density at radius 2 is 0.851 bits per heavy atom. The number of urea groups is 1. The van der Waals surface area contributed by atoms with Crippen molar-refractivity contribution in [2.24, 2.45) is 0 Å². The molecule has 17 rings (SSSR count). The molecule has 6 aliphatic rings. The molecule has 2 aliphatic heterocycles. The second-order valence-corrected chi connectivity index (χ2v) is 37.6. The SMILES string of the molecule is C1CCC2OC2C1.CC/C=C/c1cc(SCc2ccccc2)ccc1N.CC/C=C/c1cc(SCc2ccccc2)ccc1NC1CCCC[C@@H]1O.CC1(C)C(=O)N(Cl)C(=O)N1Cl.CO[C@H]1CCCCC1n1c(=O)ccc2cc(SCc3ccccc3)ccc21.O=C=O.O=C=O.O=c1ccc2cc(SCc3ccccc3)ccc2n1C1CCCC[C@@H]1O.Oc1c(F)c(F)c(F)c(F)c1F. The van der Waals surface area contributed by atoms with Crippen LogP contribution in [0, 0.1) is 29.1 Å². The van der Waals surface area contributed by atoms with Crippen LogP contribution in [0.25, 0.3) is 34.0 Å². The van der Waals surface area contributed by atoms with Gasteiger partial charge in [0.05, 0.1) is 59.7 Å². The van der Waals surface area contributed by atoms with E-state index in [1.807, 2.05) is 86.9 Å². The van der Waals surface area contributed by atoms with Crippen molar-refractivity contribution < 1.29 is 75.5 Å². The van der Waals surface area contributed by atoms with Crippen molar-refractivity contribution in [2.45, 2.75) is 240 Å². The highest BCUT2D eigenvalue weighted by molar-refractivity contribution is 7.99. The van der Waals surface area contributed by atoms with Crippen LogP contribution in [0.5, 0.6) is 5.75 Å². The molecular weight excluding hydrogens is 1840 g/mol. The Morgan fingerprint density at radius 3 is 1.25 bits per heavy atom. The Kier molecular flexibility index (Phi) is 44.3. The maximum Gasteiger partial charge on any atom is 0.373 e. The fourth-order valence-corrected chi connectivity index (χ4v) is 19.8. The first-order valence-electron chi connectivity index (χ1n) is 44.5. The molecule has 6 N–H and O–H groups in total. The quantitative estimate of drug-likeness (QED) is 0.00653. The molecule has 2 saturated heterocycles. The van der Waals surface area contributed by atoms with Crippen LogP contribution in [0.15, 0.2) is 260 Å². The Morgan fingerprint density at radius 1 is 0.478 bits per heavy atom. The van der Waals surface area contributed by atoms with Crippen LogP contribution in [-0.4, -0.2) is 107 Å². The van der Waals surface area contributed by atoms with E-state index < -0.39 is 58.4 Å². The number of phenols is 1. The lowest BCUT2D eigenvalue weighted by Crippen LogP contribution is -2.38. The summed E-state index contributed by atoms with van der Waals surface area (Å²) >= 11 is 18.1. The molecule has 0 radical (unpaired) electrons. The number of benzene rings is 9. The smallest absolute Gasteiger partial charge is 0.373 e. The molecule has 134 heavy (non-hydrogen) atoms. The topological polar surface area (TPSA) is 273 Å². The number of phenolic OH excluding ortho intramolecular Hbond substituents is 1. The number of carbonyl (C=O) groups excluding carboxylic acids is 6. The monoisotopic (exact) mass is 1950 g/mol. The zero-order chi connectivity index (χ0) is 96.6. The van der Waals surface area contributed by atoms with Gasteiger partial charge in [-0.1, -0.05) is 211 Å². The van der Waals surface area contributed by atoms with Gasteiger partial charge >= 0.3 is 18.3 Å². The van der Waals surface area contributed by atoms with Gasteiger partial charge in [0.25, 0.3) is 17.0 Å². The van der Waals surface area contributed by atoms with Crippen molar-refractivity contribution in [3.63, 3.8) is 0 Å². The third-order valence-electron chi connectivity index (χ3n) is 23.0. The second kappa shape index (κ2) is 55.5. The maximum absolute atomic E-state index is 12.7. The summed E-state index contributed by atoms with van der Waals surface area (Å²) in [6.07, 6.45) is 29.9. The van der Waals surface area contributed by atoms with Gasteiger partial charge in [-0.25, -0.2) is 22.4 Å². The van der Waals surface area contributed by atoms with Gasteiger partial charge in [0.1, 0.15) is 5.54 Å². The number of hydrogen-bond acceptors (Lipinski definition) is 19. The summed E-state index contributed by atoms with van der Waals surface area (Å²) < 4.78 is 76.7. The molecule has 3 amide bonds. The van der Waals surface area contributed by atoms with Gasteiger partial charge in [-0.15, -0.1) is 47.0 Å². The molecule has 4 saturated carbocycles. The van der Waals surface area contributed by atoms with Gasteiger partial charge in [0.15, 0.2) is 5.75 Å². The van der Waals surface area contributed by atoms with Gasteiger partial charge in [-0.2, -0.15) is 32.4 Å². The number of ether oxygens (including phenoxy) is 2. The fourth-order valence-electron chi connectivity index (χ4n) is 15.7. The number of pyridine rings is 2. The number of anilines is 2. The fraction of sp³-hybridized carbons (Fsp3) is 0.346. The highest BCUT2D eigenvalue weighted by Gasteiger charge is 2.51. The van der Waals surface area contributed by atoms with Crippen molar-refractivity contribution in [3.8, 4) is 5.75 Å². The highest BCUT2D eigenvalue weighted by atomic mass is 35.5. The molecule has 4 heterocycles. The van der Waals surface area contributed by atoms with Crippen LogP contribution in [0.1, 0.15) is 189 Å². The van der Waals surface area contributed by atoms with Crippen molar-refractivity contribution >= 4 is 140 Å². The number of aliphatic hydroxyl groups excluding tert-OH is 2. The van der Waals surface area contributed by atoms with E-state index in [4.69, 9.17) is 63.0 Å². The first-order chi connectivity index (χ1) is 64.7. The summed E-state index contributed by atoms with van der Waals surface area (Å²) in [5.41, 5.74) is 16.5. The summed E-state index contributed by atoms with van der Waals surface area (Å²) in [5.74, 6) is -9.62. The lowest BCUT2D eigenvalue weighted by Gasteiger charge is -2.32. The molecule has 0 spiro atoms. The van der Waals surface area contributed by atoms with Crippen LogP contribution >= 0.6 is 70.6 Å². The molecule has 19 nitrogen and oxygen atoms in total. The van der Waals surface area contributed by atoms with Crippen molar-refractivity contribution in [1.82, 2.24) is 18.0 Å². The molecule has 6 fully saturated rings. The Hall–Kier alpha value is -10.6. The highest BCUT2D eigenvalue weighted by Crippen LogP contribution is 2.40. The number of aromatic hydroxyl groups is 1. The van der Waals surface area contributed by atoms with Gasteiger partial charge in [0, 0.05) is 96.8 Å². The van der Waals surface area contributed by atoms with E-state index in [0.29, 0.717) is 16.6 Å². The molecule has 8 atom stereocenters. The van der Waals surface area contributed by atoms with Gasteiger partial charge in [0.2, 0.25) is 29.1 Å². The number of fused-ring (bicyclic) bond motifs is 3. The van der Waals surface area contributed by atoms with Crippen LogP contribution in [-0.2, 0) is 56.5 Å². The van der Waals surface area contributed by atoms with Crippen molar-refractivity contribution in [1.29, 1.82) is 0 Å². The molecule has 710 valence electrons. The number of nitrogens with one attached hydrogen (secondary N) is 1. The Labute approximate surface area is 805 Å². The molecule has 5 unspecified atom stereocenters. The predicted molar refractivity (Wildman–Crippen MR) is 525 cm³/mol. The number of methoxy groups -OCH3 is 1. The summed E-state index contributed by atoms with van der Waals surface area (Å²) in [6.45, 7) is 7.31. The number of nitrogens with two attached hydrogens (primary N) is 1. The second-order valence-electron chi connectivity index (χ2n) is 32.7. The van der Waals surface area contributed by atoms with Gasteiger partial charge in [-0.05, 0) is 207 Å². The number of aliphatic hydroxyl groups is 2. The number of hydrogen-bond donors (Lipinski definition) is 5. The van der Waals surface area contributed by atoms with Crippen molar-refractivity contribution in [2.75, 3.05) is 18.2 Å². The summed E-state index contributed by atoms with van der Waals surface area (Å²) in [6, 6.07) is 74.2. The van der Waals surface area contributed by atoms with E-state index in [1.54, 1.807) is 31.0 Å². The molecule has 4 aliphatic carbocycles. The number of amides is 3. The lowest BCUT2D eigenvalue weighted by molar-refractivity contribution is -0.193. The van der Waals surface area contributed by atoms with Crippen molar-refractivity contribution in [3.05, 3.63) is 314 Å². The third-order valence-corrected chi connectivity index (χ3v) is 28.1. The first-order valence-corrected chi connectivity index (χ1v) is 49.1. The maximum atomic E-state index is 12.7. The minimum absolute atomic E-state index is 0.0202. The number of nitrogens with zero attached hydrogens (tertiary/aromatic N) is 4. The summed E-state index contributed by atoms with van der Waals surface area (Å²) in [7, 11) is 1.76. The predicted octanol–water partition coefficient (Wildman–Crippen LogP) is 24.9. The average Bonchev–Trinajstić information content (AvgIpc) is 0.827. The average molecular weight is 1950 g/mol. The van der Waals surface area contributed by atoms with Crippen LogP contribution in [0.3, 0.4) is 0 Å². The summed E-state index contributed by atoms with van der Waals surface area (Å²) in [5, 5.41) is 34.8. The largest absolute Gasteiger partial charge is 0.503 e. The molecule has 11 aromatic rings. The number of epoxide rings is 1. The van der Waals surface area contributed by atoms with E-state index in [2.05, 4.69) is 207 Å². The molecular formula is C104H113Cl2F5N6O13S4. The molecule has 0 bridgehead atoms. The summed E-state index contributed by atoms with van der Waals surface area (Å²) in [4.78, 5) is 84.7. The Bertz CT molecular complexity index is 5740. The zero-order valence-corrected chi connectivity index (χ0v) is 80.1. The lowest BCUT2D eigenvalue weighted by atomic mass is 9.91. The van der Waals surface area contributed by atoms with E-state index in [-0.39, 0.29) is 53.8 Å². The molecule has 30 heteroatoms. The molecule has 9 aromatic carbocycles. The molecule has 2 aromatic heterocycles. The number of rotatable bonds is 21. The van der Waals surface area contributed by atoms with E-state index in [0.717, 1.165) is 143 Å². The first kappa shape index (κ1) is 107. The number of thioether (sulfide) groups is 4. The van der Waals surface area contributed by atoms with E-state index in [1.165, 1.54) is 99.8 Å². The number of allylic oxidation sites excluding steroid dienone is 2. The number of halogens is 7. The minimum atomic E-state index is -2.29. The van der Waals surface area contributed by atoms with Crippen LogP contribution in [0.4, 0.5) is 38.1 Å². The normalized spacial score (nSPS) is 19.0. The third kappa shape index (κ3) is 31.8. The van der Waals surface area contributed by atoms with Crippen LogP contribution in [0.2, 0.25) is 0 Å². The standard InChI is InChI=1S/C23H25NO2S.C23H29NOS.C22H23NO2S.C17H19NS.C6HF5O.C6H10O.C5H6Cl2N2O2.2CO2/c1-26-22-10-6-5-9-21(22)24-20-13-12-19(15-18(20)11-14-23(24)25)27-16-17-7-3-2-4-8-17;1-2-3-11-19-16-20(26-17-18-9-5-4-6-10-18)14-15-21(19)24-22-12-7-8-13-23(22)25;24-21-9-5-4-8-20(21)23-19-12-11-18(14-17(19)10-13-22(23)25)26-15-16-6-2-1-3-7-16;1-2-3-9-15-12-16(10-11-17(15)18)19-13-14-7-5-4-6-8-14;7-1-2(8)4(10)6(12)5(11)3(1)9;1-2-4-6-5(3-1)7-6;1-5(2)3(10)8(6)4(11)9(5)7;2*2-1-3/h2-4,7-8,11-15,21-22H,5-6,9-10,16H2,1H3;3-6,9-11,14-16,22-25H,2,7-8,12-13,17H2,1H3;1-3,6-7,10-14,20-21,24H,4-5,8-9,15H2;3-12H,2,13,18H2,1H3;12H;5-6H,1-4H2;1-2H3;;/b;11-3+;;9-3+;;;;;/t21?,22-;22?,23-;20?,21-;;;;;;/m000....../s1. The number of carbonyl (C=O) groups is 2. The zero-order valence-electron chi connectivity index (χ0n) is 75.3. The van der Waals surface area contributed by atoms with Crippen LogP contribution < -0.4 is 22.2 Å².